The van der Waals surface area contributed by atoms with Gasteiger partial charge < -0.3 is 0 Å². The highest BCUT2D eigenvalue weighted by Crippen LogP contribution is 2.20. The Labute approximate surface area is 148 Å². The van der Waals surface area contributed by atoms with Gasteiger partial charge in [-0.25, -0.2) is 4.39 Å². The molecule has 0 saturated carbocycles. The Bertz CT molecular complexity index is 829. The van der Waals surface area contributed by atoms with Crippen LogP contribution in [-0.2, 0) is 9.59 Å². The van der Waals surface area contributed by atoms with Gasteiger partial charge >= 0.3 is 0 Å². The lowest BCUT2D eigenvalue weighted by Crippen LogP contribution is -2.41. The number of hydrazine groups is 1. The topological polar surface area (TPSA) is 82.0 Å². The van der Waals surface area contributed by atoms with Crippen LogP contribution in [-0.4, -0.2) is 17.6 Å². The van der Waals surface area contributed by atoms with Crippen LogP contribution in [0.5, 0.6) is 0 Å². The van der Waals surface area contributed by atoms with Gasteiger partial charge in [0, 0.05) is 11.0 Å². The molecule has 2 rings (SSSR count). The summed E-state index contributed by atoms with van der Waals surface area (Å²) in [6.07, 6.45) is 2.81. The molecule has 0 unspecified atom stereocenters. The number of nitrogens with zero attached hydrogens (tertiary/aromatic N) is 1. The summed E-state index contributed by atoms with van der Waals surface area (Å²) < 4.78 is 13.4. The van der Waals surface area contributed by atoms with Crippen LogP contribution in [0.1, 0.15) is 11.1 Å². The molecule has 0 bridgehead atoms. The van der Waals surface area contributed by atoms with Crippen LogP contribution in [0, 0.1) is 17.1 Å². The van der Waals surface area contributed by atoms with Gasteiger partial charge in [-0.3, -0.25) is 20.4 Å². The van der Waals surface area contributed by atoms with Crippen molar-refractivity contribution in [3.8, 4) is 6.07 Å². The fourth-order valence-corrected chi connectivity index (χ4v) is 2.49. The number of nitrogens with one attached hydrogen (secondary N) is 2. The third-order valence-electron chi connectivity index (χ3n) is 2.99. The molecule has 0 aliphatic carbocycles. The number of nitriles is 1. The predicted molar refractivity (Wildman–Crippen MR) is 93.6 cm³/mol. The zero-order chi connectivity index (χ0) is 18.1. The Morgan fingerprint density at radius 1 is 1.12 bits per heavy atom. The Hall–Kier alpha value is -3.11. The molecule has 0 fully saturated rings. The average molecular weight is 355 g/mol. The first-order chi connectivity index (χ1) is 12.1. The third-order valence-corrected chi connectivity index (χ3v) is 4.04. The number of benzene rings is 2. The molecule has 7 heteroatoms. The predicted octanol–water partition coefficient (Wildman–Crippen LogP) is 2.65. The monoisotopic (exact) mass is 355 g/mol. The maximum absolute atomic E-state index is 13.4. The number of amides is 2. The SMILES string of the molecule is N#Cc1ccc(/C=C/C(=O)NNC(=O)CSc2ccccc2F)cc1. The molecule has 126 valence electrons. The zero-order valence-corrected chi connectivity index (χ0v) is 13.8. The summed E-state index contributed by atoms with van der Waals surface area (Å²) >= 11 is 1.04. The van der Waals surface area contributed by atoms with Crippen molar-refractivity contribution in [2.45, 2.75) is 4.90 Å². The van der Waals surface area contributed by atoms with Crippen molar-refractivity contribution in [2.75, 3.05) is 5.75 Å². The second kappa shape index (κ2) is 9.25. The second-order valence-corrected chi connectivity index (χ2v) is 5.84. The van der Waals surface area contributed by atoms with Crippen LogP contribution in [0.3, 0.4) is 0 Å². The zero-order valence-electron chi connectivity index (χ0n) is 13.0. The molecule has 0 aromatic heterocycles. The summed E-state index contributed by atoms with van der Waals surface area (Å²) in [5.41, 5.74) is 5.77. The van der Waals surface area contributed by atoms with Gasteiger partial charge in [0.05, 0.1) is 17.4 Å². The fraction of sp³-hybridized carbons (Fsp3) is 0.0556. The Balaban J connectivity index is 1.75. The number of thioether (sulfide) groups is 1. The Kier molecular flexibility index (Phi) is 6.75. The normalized spacial score (nSPS) is 10.2. The number of carbonyl (C=O) groups is 2. The highest BCUT2D eigenvalue weighted by molar-refractivity contribution is 8.00. The van der Waals surface area contributed by atoms with E-state index in [4.69, 9.17) is 5.26 Å². The van der Waals surface area contributed by atoms with Crippen LogP contribution < -0.4 is 10.9 Å². The molecule has 5 nitrogen and oxygen atoms in total. The highest BCUT2D eigenvalue weighted by Gasteiger charge is 2.06. The number of hydrogen-bond acceptors (Lipinski definition) is 4. The van der Waals surface area contributed by atoms with E-state index in [1.54, 1.807) is 48.5 Å². The second-order valence-electron chi connectivity index (χ2n) is 4.82. The van der Waals surface area contributed by atoms with Crippen LogP contribution >= 0.6 is 11.8 Å². The van der Waals surface area contributed by atoms with Crippen LogP contribution in [0.25, 0.3) is 6.08 Å². The van der Waals surface area contributed by atoms with Gasteiger partial charge in [-0.15, -0.1) is 11.8 Å². The standard InChI is InChI=1S/C18H14FN3O2S/c19-15-3-1-2-4-16(15)25-12-18(24)22-21-17(23)10-9-13-5-7-14(11-20)8-6-13/h1-10H,12H2,(H,21,23)(H,22,24)/b10-9+. The lowest BCUT2D eigenvalue weighted by molar-refractivity contribution is -0.125. The molecule has 2 aromatic rings. The van der Waals surface area contributed by atoms with E-state index in [-0.39, 0.29) is 5.75 Å². The van der Waals surface area contributed by atoms with E-state index < -0.39 is 17.6 Å². The summed E-state index contributed by atoms with van der Waals surface area (Å²) in [6.45, 7) is 0. The fourth-order valence-electron chi connectivity index (χ4n) is 1.75. The molecule has 2 amide bonds. The summed E-state index contributed by atoms with van der Waals surface area (Å²) in [4.78, 5) is 23.7. The minimum Gasteiger partial charge on any atom is -0.272 e. The third kappa shape index (κ3) is 6.12. The number of carbonyl (C=O) groups excluding carboxylic acids is 2. The number of halogens is 1. The van der Waals surface area contributed by atoms with E-state index in [1.165, 1.54) is 12.1 Å². The average Bonchev–Trinajstić information content (AvgIpc) is 2.64. The first-order valence-corrected chi connectivity index (χ1v) is 8.21. The molecule has 2 aromatic carbocycles. The molecule has 0 aliphatic rings. The molecular formula is C18H14FN3O2S. The van der Waals surface area contributed by atoms with Gasteiger partial charge in [0.25, 0.3) is 5.91 Å². The van der Waals surface area contributed by atoms with Crippen molar-refractivity contribution in [1.82, 2.24) is 10.9 Å². The van der Waals surface area contributed by atoms with E-state index in [0.29, 0.717) is 10.5 Å². The highest BCUT2D eigenvalue weighted by atomic mass is 32.2. The van der Waals surface area contributed by atoms with Gasteiger partial charge in [-0.2, -0.15) is 5.26 Å². The molecule has 0 aliphatic heterocycles. The van der Waals surface area contributed by atoms with E-state index in [0.717, 1.165) is 17.3 Å². The molecule has 0 atom stereocenters. The summed E-state index contributed by atoms with van der Waals surface area (Å²) in [5.74, 6) is -1.38. The van der Waals surface area contributed by atoms with E-state index >= 15 is 0 Å². The summed E-state index contributed by atoms with van der Waals surface area (Å²) in [5, 5.41) is 8.71. The van der Waals surface area contributed by atoms with Crippen molar-refractivity contribution in [3.05, 3.63) is 71.6 Å². The minimum absolute atomic E-state index is 0.0272. The largest absolute Gasteiger partial charge is 0.272 e. The Morgan fingerprint density at radius 3 is 2.52 bits per heavy atom. The quantitative estimate of drug-likeness (QED) is 0.491. The van der Waals surface area contributed by atoms with Crippen molar-refractivity contribution >= 4 is 29.7 Å². The van der Waals surface area contributed by atoms with Gasteiger partial charge in [0.2, 0.25) is 5.91 Å². The van der Waals surface area contributed by atoms with Crippen LogP contribution in [0.4, 0.5) is 4.39 Å². The maximum atomic E-state index is 13.4. The van der Waals surface area contributed by atoms with Gasteiger partial charge in [0.1, 0.15) is 5.82 Å². The smallest absolute Gasteiger partial charge is 0.262 e. The first kappa shape index (κ1) is 18.2. The van der Waals surface area contributed by atoms with E-state index in [9.17, 15) is 14.0 Å². The molecule has 2 N–H and O–H groups in total. The van der Waals surface area contributed by atoms with Crippen molar-refractivity contribution in [3.63, 3.8) is 0 Å². The number of hydrogen-bond donors (Lipinski definition) is 2. The lowest BCUT2D eigenvalue weighted by Gasteiger charge is -2.05. The van der Waals surface area contributed by atoms with E-state index in [2.05, 4.69) is 10.9 Å². The minimum atomic E-state index is -0.506. The van der Waals surface area contributed by atoms with Crippen molar-refractivity contribution in [2.24, 2.45) is 0 Å². The van der Waals surface area contributed by atoms with Gasteiger partial charge in [0.15, 0.2) is 0 Å². The van der Waals surface area contributed by atoms with Crippen molar-refractivity contribution in [1.29, 1.82) is 5.26 Å². The Morgan fingerprint density at radius 2 is 1.84 bits per heavy atom. The van der Waals surface area contributed by atoms with Crippen molar-refractivity contribution < 1.29 is 14.0 Å². The first-order valence-electron chi connectivity index (χ1n) is 7.23. The maximum Gasteiger partial charge on any atom is 0.262 e. The van der Waals surface area contributed by atoms with Crippen LogP contribution in [0.2, 0.25) is 0 Å². The molecular weight excluding hydrogens is 341 g/mol. The molecule has 0 spiro atoms. The molecule has 0 heterocycles. The molecule has 0 radical (unpaired) electrons. The van der Waals surface area contributed by atoms with Gasteiger partial charge in [-0.1, -0.05) is 24.3 Å². The lowest BCUT2D eigenvalue weighted by atomic mass is 10.1. The summed E-state index contributed by atoms with van der Waals surface area (Å²) in [6, 6.07) is 14.8. The summed E-state index contributed by atoms with van der Waals surface area (Å²) in [7, 11) is 0. The molecule has 25 heavy (non-hydrogen) atoms. The number of rotatable bonds is 5. The van der Waals surface area contributed by atoms with Gasteiger partial charge in [-0.05, 0) is 35.9 Å². The van der Waals surface area contributed by atoms with E-state index in [1.807, 2.05) is 6.07 Å². The molecule has 0 saturated heterocycles. The van der Waals surface area contributed by atoms with Crippen LogP contribution in [0.15, 0.2) is 59.5 Å².